The maximum Gasteiger partial charge on any atom is -0.00465 e. The molecule has 0 spiro atoms. The van der Waals surface area contributed by atoms with Gasteiger partial charge >= 0.3 is 0 Å². The number of hydrogen-bond donors (Lipinski definition) is 1. The lowest BCUT2D eigenvalue weighted by molar-refractivity contribution is 0.474. The lowest BCUT2D eigenvalue weighted by Gasteiger charge is -2.13. The first kappa shape index (κ1) is 14.2. The van der Waals surface area contributed by atoms with Crippen molar-refractivity contribution in [2.75, 3.05) is 13.1 Å². The van der Waals surface area contributed by atoms with Crippen molar-refractivity contribution in [2.45, 2.75) is 47.0 Å². The van der Waals surface area contributed by atoms with Gasteiger partial charge in [-0.2, -0.15) is 0 Å². The Bertz CT molecular complexity index is 330. The van der Waals surface area contributed by atoms with Crippen molar-refractivity contribution in [1.82, 2.24) is 5.32 Å². The van der Waals surface area contributed by atoms with Crippen LogP contribution in [0, 0.1) is 19.8 Å². The van der Waals surface area contributed by atoms with Gasteiger partial charge in [0.2, 0.25) is 0 Å². The van der Waals surface area contributed by atoms with Crippen molar-refractivity contribution in [3.8, 4) is 0 Å². The molecule has 0 saturated carbocycles. The van der Waals surface area contributed by atoms with E-state index in [-0.39, 0.29) is 0 Å². The van der Waals surface area contributed by atoms with Gasteiger partial charge < -0.3 is 5.32 Å². The Hall–Kier alpha value is -0.820. The number of hydrogen-bond acceptors (Lipinski definition) is 1. The molecule has 0 radical (unpaired) electrons. The highest BCUT2D eigenvalue weighted by Crippen LogP contribution is 2.16. The average molecular weight is 233 g/mol. The first-order chi connectivity index (χ1) is 8.13. The maximum atomic E-state index is 3.40. The van der Waals surface area contributed by atoms with Crippen molar-refractivity contribution in [2.24, 2.45) is 5.92 Å². The monoisotopic (exact) mass is 233 g/mol. The Morgan fingerprint density at radius 3 is 2.59 bits per heavy atom. The Kier molecular flexibility index (Phi) is 6.28. The molecule has 1 atom stereocenters. The molecule has 1 nitrogen and oxygen atoms in total. The maximum absolute atomic E-state index is 3.40. The predicted molar refractivity (Wildman–Crippen MR) is 76.6 cm³/mol. The minimum absolute atomic E-state index is 0.815. The van der Waals surface area contributed by atoms with Gasteiger partial charge in [0, 0.05) is 0 Å². The lowest BCUT2D eigenvalue weighted by Crippen LogP contribution is -2.16. The summed E-state index contributed by atoms with van der Waals surface area (Å²) >= 11 is 0. The minimum atomic E-state index is 0.815. The number of rotatable bonds is 7. The molecule has 1 heteroatoms. The fourth-order valence-electron chi connectivity index (χ4n) is 2.20. The molecule has 0 heterocycles. The SMILES string of the molecule is CCNCCC(C)CCc1ccc(C)cc1C. The molecule has 1 aromatic carbocycles. The quantitative estimate of drug-likeness (QED) is 0.705. The third-order valence-electron chi connectivity index (χ3n) is 3.47. The van der Waals surface area contributed by atoms with Gasteiger partial charge in [0.05, 0.1) is 0 Å². The number of benzene rings is 1. The molecule has 0 aliphatic rings. The summed E-state index contributed by atoms with van der Waals surface area (Å²) in [6.07, 6.45) is 3.81. The summed E-state index contributed by atoms with van der Waals surface area (Å²) in [5.41, 5.74) is 4.33. The molecule has 0 amide bonds. The normalized spacial score (nSPS) is 12.7. The smallest absolute Gasteiger partial charge is 0.00465 e. The number of nitrogens with one attached hydrogen (secondary N) is 1. The van der Waals surface area contributed by atoms with Crippen LogP contribution >= 0.6 is 0 Å². The summed E-state index contributed by atoms with van der Waals surface area (Å²) in [6, 6.07) is 6.81. The highest BCUT2D eigenvalue weighted by molar-refractivity contribution is 5.30. The van der Waals surface area contributed by atoms with Gasteiger partial charge in [-0.1, -0.05) is 37.6 Å². The summed E-state index contributed by atoms with van der Waals surface area (Å²) in [5, 5.41) is 3.40. The molecule has 0 fully saturated rings. The summed E-state index contributed by atoms with van der Waals surface area (Å²) in [4.78, 5) is 0. The van der Waals surface area contributed by atoms with Gasteiger partial charge in [-0.15, -0.1) is 0 Å². The summed E-state index contributed by atoms with van der Waals surface area (Å²) in [7, 11) is 0. The van der Waals surface area contributed by atoms with Crippen LogP contribution in [0.5, 0.6) is 0 Å². The van der Waals surface area contributed by atoms with Crippen molar-refractivity contribution >= 4 is 0 Å². The van der Waals surface area contributed by atoms with Crippen LogP contribution in [0.25, 0.3) is 0 Å². The second kappa shape index (κ2) is 7.50. The van der Waals surface area contributed by atoms with E-state index in [0.29, 0.717) is 0 Å². The molecule has 1 unspecified atom stereocenters. The van der Waals surface area contributed by atoms with Gasteiger partial charge in [-0.3, -0.25) is 0 Å². The largest absolute Gasteiger partial charge is 0.317 e. The van der Waals surface area contributed by atoms with E-state index in [1.54, 1.807) is 0 Å². The Morgan fingerprint density at radius 2 is 1.94 bits per heavy atom. The summed E-state index contributed by atoms with van der Waals surface area (Å²) < 4.78 is 0. The lowest BCUT2D eigenvalue weighted by atomic mass is 9.95. The average Bonchev–Trinajstić information content (AvgIpc) is 2.28. The Balaban J connectivity index is 2.34. The first-order valence-corrected chi connectivity index (χ1v) is 6.90. The van der Waals surface area contributed by atoms with Crippen LogP contribution in [0.2, 0.25) is 0 Å². The third-order valence-corrected chi connectivity index (χ3v) is 3.47. The highest BCUT2D eigenvalue weighted by Gasteiger charge is 2.04. The van der Waals surface area contributed by atoms with E-state index in [1.165, 1.54) is 36.0 Å². The third kappa shape index (κ3) is 5.36. The summed E-state index contributed by atoms with van der Waals surface area (Å²) in [6.45, 7) is 11.2. The van der Waals surface area contributed by atoms with E-state index in [4.69, 9.17) is 0 Å². The minimum Gasteiger partial charge on any atom is -0.317 e. The van der Waals surface area contributed by atoms with Crippen LogP contribution in [0.15, 0.2) is 18.2 Å². The van der Waals surface area contributed by atoms with E-state index in [1.807, 2.05) is 0 Å². The van der Waals surface area contributed by atoms with E-state index in [2.05, 4.69) is 51.2 Å². The Morgan fingerprint density at radius 1 is 1.18 bits per heavy atom. The molecule has 1 N–H and O–H groups in total. The van der Waals surface area contributed by atoms with Gasteiger partial charge in [-0.25, -0.2) is 0 Å². The zero-order valence-electron chi connectivity index (χ0n) is 11.8. The Labute approximate surface area is 107 Å². The van der Waals surface area contributed by atoms with Gasteiger partial charge in [0.1, 0.15) is 0 Å². The van der Waals surface area contributed by atoms with Crippen LogP contribution < -0.4 is 5.32 Å². The zero-order valence-corrected chi connectivity index (χ0v) is 11.8. The van der Waals surface area contributed by atoms with Crippen molar-refractivity contribution in [1.29, 1.82) is 0 Å². The predicted octanol–water partition coefficient (Wildman–Crippen LogP) is 3.87. The molecular weight excluding hydrogens is 206 g/mol. The van der Waals surface area contributed by atoms with E-state index < -0.39 is 0 Å². The molecule has 0 aliphatic heterocycles. The molecular formula is C16H27N. The van der Waals surface area contributed by atoms with Crippen molar-refractivity contribution < 1.29 is 0 Å². The molecule has 17 heavy (non-hydrogen) atoms. The number of aryl methyl sites for hydroxylation is 3. The van der Waals surface area contributed by atoms with Crippen LogP contribution in [-0.4, -0.2) is 13.1 Å². The molecule has 0 aromatic heterocycles. The molecule has 96 valence electrons. The van der Waals surface area contributed by atoms with E-state index in [9.17, 15) is 0 Å². The second-order valence-electron chi connectivity index (χ2n) is 5.22. The van der Waals surface area contributed by atoms with Gasteiger partial charge in [-0.05, 0) is 63.2 Å². The van der Waals surface area contributed by atoms with Gasteiger partial charge in [0.25, 0.3) is 0 Å². The zero-order chi connectivity index (χ0) is 12.7. The molecule has 1 rings (SSSR count). The fourth-order valence-corrected chi connectivity index (χ4v) is 2.20. The van der Waals surface area contributed by atoms with Crippen LogP contribution in [0.1, 0.15) is 43.4 Å². The van der Waals surface area contributed by atoms with Crippen LogP contribution in [0.4, 0.5) is 0 Å². The van der Waals surface area contributed by atoms with Gasteiger partial charge in [0.15, 0.2) is 0 Å². The molecule has 0 aliphatic carbocycles. The molecule has 0 bridgehead atoms. The molecule has 0 saturated heterocycles. The topological polar surface area (TPSA) is 12.0 Å². The van der Waals surface area contributed by atoms with E-state index >= 15 is 0 Å². The van der Waals surface area contributed by atoms with E-state index in [0.717, 1.165) is 19.0 Å². The van der Waals surface area contributed by atoms with Crippen molar-refractivity contribution in [3.63, 3.8) is 0 Å². The first-order valence-electron chi connectivity index (χ1n) is 6.90. The van der Waals surface area contributed by atoms with Crippen LogP contribution in [-0.2, 0) is 6.42 Å². The fraction of sp³-hybridized carbons (Fsp3) is 0.625. The van der Waals surface area contributed by atoms with Crippen LogP contribution in [0.3, 0.4) is 0 Å². The molecule has 1 aromatic rings. The second-order valence-corrected chi connectivity index (χ2v) is 5.22. The highest BCUT2D eigenvalue weighted by atomic mass is 14.8. The standard InChI is InChI=1S/C16H27N/c1-5-17-11-10-13(2)6-8-16-9-7-14(3)12-15(16)4/h7,9,12-13,17H,5-6,8,10-11H2,1-4H3. The summed E-state index contributed by atoms with van der Waals surface area (Å²) in [5.74, 6) is 0.815. The van der Waals surface area contributed by atoms with Crippen molar-refractivity contribution in [3.05, 3.63) is 34.9 Å².